The molecule has 26 heavy (non-hydrogen) atoms. The number of hydrazone groups is 1. The highest BCUT2D eigenvalue weighted by Gasteiger charge is 2.35. The molecule has 1 aliphatic rings. The SMILES string of the molecule is CCc1ccc(/C=N/NC(=O)[C@H]2CC(=O)N(c3ccc(C)cc3)C2)cc1. The first-order valence-electron chi connectivity index (χ1n) is 8.85. The minimum Gasteiger partial charge on any atom is -0.312 e. The van der Waals surface area contributed by atoms with Gasteiger partial charge in [-0.05, 0) is 36.6 Å². The molecule has 2 aromatic rings. The molecule has 0 spiro atoms. The van der Waals surface area contributed by atoms with Gasteiger partial charge in [0, 0.05) is 18.7 Å². The van der Waals surface area contributed by atoms with Gasteiger partial charge in [-0.2, -0.15) is 5.10 Å². The number of hydrogen-bond donors (Lipinski definition) is 1. The van der Waals surface area contributed by atoms with Crippen molar-refractivity contribution in [2.45, 2.75) is 26.7 Å². The minimum atomic E-state index is -0.386. The van der Waals surface area contributed by atoms with Crippen LogP contribution in [-0.4, -0.2) is 24.6 Å². The van der Waals surface area contributed by atoms with E-state index < -0.39 is 0 Å². The topological polar surface area (TPSA) is 61.8 Å². The Morgan fingerprint density at radius 2 is 1.88 bits per heavy atom. The van der Waals surface area contributed by atoms with Crippen LogP contribution in [0.15, 0.2) is 53.6 Å². The standard InChI is InChI=1S/C21H23N3O2/c1-3-16-6-8-17(9-7-16)13-22-23-21(26)18-12-20(25)24(14-18)19-10-4-15(2)5-11-19/h4-11,13,18H,3,12,14H2,1-2H3,(H,23,26)/b22-13+/t18-/m0/s1. The largest absolute Gasteiger partial charge is 0.312 e. The van der Waals surface area contributed by atoms with E-state index in [1.54, 1.807) is 11.1 Å². The van der Waals surface area contributed by atoms with Gasteiger partial charge in [0.15, 0.2) is 0 Å². The van der Waals surface area contributed by atoms with Crippen molar-refractivity contribution in [3.8, 4) is 0 Å². The Hall–Kier alpha value is -2.95. The molecule has 134 valence electrons. The summed E-state index contributed by atoms with van der Waals surface area (Å²) in [6.45, 7) is 4.49. The summed E-state index contributed by atoms with van der Waals surface area (Å²) >= 11 is 0. The van der Waals surface area contributed by atoms with Gasteiger partial charge in [0.1, 0.15) is 0 Å². The second-order valence-corrected chi connectivity index (χ2v) is 6.57. The van der Waals surface area contributed by atoms with Crippen molar-refractivity contribution in [1.29, 1.82) is 0 Å². The summed E-state index contributed by atoms with van der Waals surface area (Å²) in [5, 5.41) is 4.02. The molecule has 1 atom stereocenters. The molecule has 0 saturated carbocycles. The van der Waals surface area contributed by atoms with Crippen molar-refractivity contribution in [3.05, 3.63) is 65.2 Å². The number of rotatable bonds is 5. The van der Waals surface area contributed by atoms with Crippen LogP contribution in [0.2, 0.25) is 0 Å². The van der Waals surface area contributed by atoms with Crippen molar-refractivity contribution in [3.63, 3.8) is 0 Å². The van der Waals surface area contributed by atoms with Crippen molar-refractivity contribution in [1.82, 2.24) is 5.43 Å². The molecule has 0 aromatic heterocycles. The molecule has 0 radical (unpaired) electrons. The van der Waals surface area contributed by atoms with Gasteiger partial charge < -0.3 is 4.90 Å². The Balaban J connectivity index is 1.57. The van der Waals surface area contributed by atoms with Gasteiger partial charge in [-0.1, -0.05) is 48.9 Å². The van der Waals surface area contributed by atoms with E-state index in [4.69, 9.17) is 0 Å². The second-order valence-electron chi connectivity index (χ2n) is 6.57. The van der Waals surface area contributed by atoms with Crippen LogP contribution < -0.4 is 10.3 Å². The number of amides is 2. The Morgan fingerprint density at radius 1 is 1.19 bits per heavy atom. The van der Waals surface area contributed by atoms with E-state index in [-0.39, 0.29) is 24.2 Å². The van der Waals surface area contributed by atoms with Crippen molar-refractivity contribution < 1.29 is 9.59 Å². The molecule has 1 heterocycles. The number of anilines is 1. The Bertz CT molecular complexity index is 810. The fourth-order valence-corrected chi connectivity index (χ4v) is 2.96. The van der Waals surface area contributed by atoms with E-state index in [1.807, 2.05) is 55.5 Å². The van der Waals surface area contributed by atoms with Gasteiger partial charge in [0.05, 0.1) is 12.1 Å². The van der Waals surface area contributed by atoms with Crippen LogP contribution in [0.4, 0.5) is 5.69 Å². The summed E-state index contributed by atoms with van der Waals surface area (Å²) in [5.41, 5.74) is 6.70. The fourth-order valence-electron chi connectivity index (χ4n) is 2.96. The molecule has 3 rings (SSSR count). The van der Waals surface area contributed by atoms with Gasteiger partial charge in [0.25, 0.3) is 0 Å². The predicted octanol–water partition coefficient (Wildman–Crippen LogP) is 3.06. The molecule has 1 aliphatic heterocycles. The quantitative estimate of drug-likeness (QED) is 0.666. The molecular formula is C21H23N3O2. The molecule has 0 bridgehead atoms. The Labute approximate surface area is 153 Å². The normalized spacial score (nSPS) is 17.1. The van der Waals surface area contributed by atoms with Crippen molar-refractivity contribution in [2.75, 3.05) is 11.4 Å². The van der Waals surface area contributed by atoms with Gasteiger partial charge in [0.2, 0.25) is 11.8 Å². The van der Waals surface area contributed by atoms with Crippen LogP contribution in [0.1, 0.15) is 30.0 Å². The predicted molar refractivity (Wildman–Crippen MR) is 103 cm³/mol. The number of nitrogens with one attached hydrogen (secondary N) is 1. The molecule has 0 aliphatic carbocycles. The molecular weight excluding hydrogens is 326 g/mol. The molecule has 1 fully saturated rings. The first-order chi connectivity index (χ1) is 12.6. The van der Waals surface area contributed by atoms with E-state index in [0.29, 0.717) is 6.54 Å². The molecule has 2 amide bonds. The third-order valence-corrected chi connectivity index (χ3v) is 4.62. The summed E-state index contributed by atoms with van der Waals surface area (Å²) in [5.74, 6) is -0.647. The number of carbonyl (C=O) groups is 2. The third-order valence-electron chi connectivity index (χ3n) is 4.62. The molecule has 2 aromatic carbocycles. The summed E-state index contributed by atoms with van der Waals surface area (Å²) in [4.78, 5) is 26.2. The Morgan fingerprint density at radius 3 is 2.54 bits per heavy atom. The van der Waals surface area contributed by atoms with E-state index in [1.165, 1.54) is 5.56 Å². The van der Waals surface area contributed by atoms with Crippen LogP contribution in [0.3, 0.4) is 0 Å². The number of hydrogen-bond acceptors (Lipinski definition) is 3. The third kappa shape index (κ3) is 4.17. The average molecular weight is 349 g/mol. The zero-order valence-corrected chi connectivity index (χ0v) is 15.1. The van der Waals surface area contributed by atoms with Crippen LogP contribution in [0, 0.1) is 12.8 Å². The first kappa shape index (κ1) is 17.9. The molecule has 1 N–H and O–H groups in total. The molecule has 0 unspecified atom stereocenters. The lowest BCUT2D eigenvalue weighted by molar-refractivity contribution is -0.126. The van der Waals surface area contributed by atoms with Crippen molar-refractivity contribution >= 4 is 23.7 Å². The highest BCUT2D eigenvalue weighted by atomic mass is 16.2. The summed E-state index contributed by atoms with van der Waals surface area (Å²) in [6, 6.07) is 15.8. The summed E-state index contributed by atoms with van der Waals surface area (Å²) < 4.78 is 0. The minimum absolute atomic E-state index is 0.0341. The van der Waals surface area contributed by atoms with Gasteiger partial charge in [-0.25, -0.2) is 5.43 Å². The molecule has 5 heteroatoms. The zero-order chi connectivity index (χ0) is 18.5. The van der Waals surface area contributed by atoms with Gasteiger partial charge in [-0.3, -0.25) is 9.59 Å². The number of aryl methyl sites for hydroxylation is 2. The van der Waals surface area contributed by atoms with Crippen LogP contribution in [0.5, 0.6) is 0 Å². The van der Waals surface area contributed by atoms with Crippen LogP contribution in [0.25, 0.3) is 0 Å². The lowest BCUT2D eigenvalue weighted by Gasteiger charge is -2.16. The highest BCUT2D eigenvalue weighted by molar-refractivity contribution is 6.00. The molecule has 1 saturated heterocycles. The van der Waals surface area contributed by atoms with E-state index >= 15 is 0 Å². The lowest BCUT2D eigenvalue weighted by Crippen LogP contribution is -2.30. The summed E-state index contributed by atoms with van der Waals surface area (Å²) in [6.07, 6.45) is 2.81. The maximum Gasteiger partial charge on any atom is 0.245 e. The van der Waals surface area contributed by atoms with Gasteiger partial charge in [-0.15, -0.1) is 0 Å². The van der Waals surface area contributed by atoms with E-state index in [0.717, 1.165) is 23.2 Å². The first-order valence-corrected chi connectivity index (χ1v) is 8.85. The second kappa shape index (κ2) is 7.95. The van der Waals surface area contributed by atoms with E-state index in [9.17, 15) is 9.59 Å². The highest BCUT2D eigenvalue weighted by Crippen LogP contribution is 2.25. The van der Waals surface area contributed by atoms with Crippen LogP contribution in [-0.2, 0) is 16.0 Å². The summed E-state index contributed by atoms with van der Waals surface area (Å²) in [7, 11) is 0. The average Bonchev–Trinajstić information content (AvgIpc) is 3.05. The monoisotopic (exact) mass is 349 g/mol. The maximum absolute atomic E-state index is 12.3. The van der Waals surface area contributed by atoms with Crippen molar-refractivity contribution in [2.24, 2.45) is 11.0 Å². The Kier molecular flexibility index (Phi) is 5.46. The molecule has 5 nitrogen and oxygen atoms in total. The van der Waals surface area contributed by atoms with Crippen LogP contribution >= 0.6 is 0 Å². The van der Waals surface area contributed by atoms with E-state index in [2.05, 4.69) is 17.5 Å². The lowest BCUT2D eigenvalue weighted by atomic mass is 10.1. The number of benzene rings is 2. The fraction of sp³-hybridized carbons (Fsp3) is 0.286. The zero-order valence-electron chi connectivity index (χ0n) is 15.1. The smallest absolute Gasteiger partial charge is 0.245 e. The maximum atomic E-state index is 12.3. The van der Waals surface area contributed by atoms with Gasteiger partial charge >= 0.3 is 0 Å². The number of carbonyl (C=O) groups excluding carboxylic acids is 2. The number of nitrogens with zero attached hydrogens (tertiary/aromatic N) is 2.